The summed E-state index contributed by atoms with van der Waals surface area (Å²) < 4.78 is 0. The highest BCUT2D eigenvalue weighted by molar-refractivity contribution is 6.29. The third kappa shape index (κ3) is 3.21. The van der Waals surface area contributed by atoms with E-state index in [-0.39, 0.29) is 16.9 Å². The quantitative estimate of drug-likeness (QED) is 0.719. The van der Waals surface area contributed by atoms with E-state index in [4.69, 9.17) is 17.3 Å². The Morgan fingerprint density at radius 1 is 1.50 bits per heavy atom. The second kappa shape index (κ2) is 5.50. The maximum atomic E-state index is 11.8. The number of halogens is 1. The molecule has 0 atom stereocenters. The number of nitrogen functional groups attached to an aromatic ring is 1. The van der Waals surface area contributed by atoms with Gasteiger partial charge in [0.2, 0.25) is 0 Å². The van der Waals surface area contributed by atoms with Gasteiger partial charge >= 0.3 is 0 Å². The summed E-state index contributed by atoms with van der Waals surface area (Å²) in [7, 11) is 0. The molecule has 1 amide bonds. The molecule has 0 bridgehead atoms. The van der Waals surface area contributed by atoms with Gasteiger partial charge in [-0.05, 0) is 12.1 Å². The number of rotatable bonds is 4. The Balaban J connectivity index is 1.91. The largest absolute Gasteiger partial charge is 0.384 e. The van der Waals surface area contributed by atoms with Crippen LogP contribution in [0.2, 0.25) is 5.15 Å². The lowest BCUT2D eigenvalue weighted by molar-refractivity contribution is 0.0954. The van der Waals surface area contributed by atoms with Crippen LogP contribution in [0.5, 0.6) is 0 Å². The van der Waals surface area contributed by atoms with Crippen molar-refractivity contribution in [2.24, 2.45) is 0 Å². The van der Waals surface area contributed by atoms with Gasteiger partial charge in [0.25, 0.3) is 5.91 Å². The summed E-state index contributed by atoms with van der Waals surface area (Å²) in [6.07, 6.45) is 3.99. The molecule has 7 heteroatoms. The average Bonchev–Trinajstić information content (AvgIpc) is 2.80. The predicted molar refractivity (Wildman–Crippen MR) is 68.3 cm³/mol. The van der Waals surface area contributed by atoms with Crippen LogP contribution >= 0.6 is 11.6 Å². The fraction of sp³-hybridized carbons (Fsp3) is 0.182. The number of H-pyrrole nitrogens is 1. The van der Waals surface area contributed by atoms with Gasteiger partial charge in [0.1, 0.15) is 11.0 Å². The number of imidazole rings is 1. The van der Waals surface area contributed by atoms with Crippen LogP contribution < -0.4 is 11.1 Å². The standard InChI is InChI=1S/C11H12ClN5O/c12-9-3-7(4-10(13)17-9)11(18)15-2-1-8-5-14-6-16-8/h3-6H,1-2H2,(H2,13,17)(H,14,16)(H,15,18). The summed E-state index contributed by atoms with van der Waals surface area (Å²) in [6, 6.07) is 2.96. The van der Waals surface area contributed by atoms with E-state index in [0.29, 0.717) is 18.5 Å². The highest BCUT2D eigenvalue weighted by Gasteiger charge is 2.07. The predicted octanol–water partition coefficient (Wildman–Crippen LogP) is 1.01. The van der Waals surface area contributed by atoms with Crippen molar-refractivity contribution in [3.63, 3.8) is 0 Å². The minimum absolute atomic E-state index is 0.203. The summed E-state index contributed by atoms with van der Waals surface area (Å²) in [5.41, 5.74) is 6.88. The summed E-state index contributed by atoms with van der Waals surface area (Å²) in [4.78, 5) is 22.4. The molecule has 18 heavy (non-hydrogen) atoms. The number of carbonyl (C=O) groups excluding carboxylic acids is 1. The van der Waals surface area contributed by atoms with E-state index in [0.717, 1.165) is 5.69 Å². The maximum absolute atomic E-state index is 11.8. The van der Waals surface area contributed by atoms with Gasteiger partial charge in [-0.25, -0.2) is 9.97 Å². The molecule has 0 saturated heterocycles. The Morgan fingerprint density at radius 2 is 2.33 bits per heavy atom. The molecule has 2 rings (SSSR count). The van der Waals surface area contributed by atoms with Crippen molar-refractivity contribution in [3.8, 4) is 0 Å². The summed E-state index contributed by atoms with van der Waals surface area (Å²) in [6.45, 7) is 0.501. The van der Waals surface area contributed by atoms with Gasteiger partial charge in [0, 0.05) is 30.4 Å². The van der Waals surface area contributed by atoms with Gasteiger partial charge in [-0.3, -0.25) is 4.79 Å². The molecule has 0 radical (unpaired) electrons. The number of hydrogen-bond acceptors (Lipinski definition) is 4. The number of pyridine rings is 1. The number of nitrogens with one attached hydrogen (secondary N) is 2. The minimum atomic E-state index is -0.231. The molecule has 0 aliphatic carbocycles. The molecule has 2 aromatic heterocycles. The van der Waals surface area contributed by atoms with Crippen LogP contribution in [0.3, 0.4) is 0 Å². The highest BCUT2D eigenvalue weighted by atomic mass is 35.5. The van der Waals surface area contributed by atoms with Gasteiger partial charge in [-0.15, -0.1) is 0 Å². The van der Waals surface area contributed by atoms with Crippen molar-refractivity contribution < 1.29 is 4.79 Å². The van der Waals surface area contributed by atoms with E-state index in [1.165, 1.54) is 12.1 Å². The monoisotopic (exact) mass is 265 g/mol. The zero-order chi connectivity index (χ0) is 13.0. The third-order valence-corrected chi connectivity index (χ3v) is 2.50. The van der Waals surface area contributed by atoms with Gasteiger partial charge in [-0.1, -0.05) is 11.6 Å². The first-order chi connectivity index (χ1) is 8.65. The van der Waals surface area contributed by atoms with Crippen LogP contribution in [0.15, 0.2) is 24.7 Å². The maximum Gasteiger partial charge on any atom is 0.251 e. The first-order valence-corrected chi connectivity index (χ1v) is 5.71. The first-order valence-electron chi connectivity index (χ1n) is 5.33. The lowest BCUT2D eigenvalue weighted by Crippen LogP contribution is -2.26. The van der Waals surface area contributed by atoms with Crippen molar-refractivity contribution in [1.29, 1.82) is 0 Å². The van der Waals surface area contributed by atoms with E-state index >= 15 is 0 Å². The lowest BCUT2D eigenvalue weighted by atomic mass is 10.2. The van der Waals surface area contributed by atoms with Crippen molar-refractivity contribution in [1.82, 2.24) is 20.3 Å². The lowest BCUT2D eigenvalue weighted by Gasteiger charge is -2.05. The Morgan fingerprint density at radius 3 is 3.00 bits per heavy atom. The van der Waals surface area contributed by atoms with E-state index in [1.54, 1.807) is 12.5 Å². The molecular weight excluding hydrogens is 254 g/mol. The fourth-order valence-corrected chi connectivity index (χ4v) is 1.70. The summed E-state index contributed by atoms with van der Waals surface area (Å²) in [5.74, 6) is -0.00765. The van der Waals surface area contributed by atoms with E-state index in [9.17, 15) is 4.79 Å². The molecule has 0 unspecified atom stereocenters. The Labute approximate surface area is 109 Å². The van der Waals surface area contributed by atoms with Crippen molar-refractivity contribution in [2.75, 3.05) is 12.3 Å². The molecule has 2 aromatic rings. The van der Waals surface area contributed by atoms with Crippen LogP contribution in [0.4, 0.5) is 5.82 Å². The summed E-state index contributed by atoms with van der Waals surface area (Å²) in [5, 5.41) is 2.97. The number of aromatic amines is 1. The second-order valence-corrected chi connectivity index (χ2v) is 4.07. The van der Waals surface area contributed by atoms with E-state index < -0.39 is 0 Å². The zero-order valence-electron chi connectivity index (χ0n) is 9.48. The number of aromatic nitrogens is 3. The number of anilines is 1. The smallest absolute Gasteiger partial charge is 0.251 e. The number of carbonyl (C=O) groups is 1. The minimum Gasteiger partial charge on any atom is -0.384 e. The number of amides is 1. The Kier molecular flexibility index (Phi) is 3.78. The SMILES string of the molecule is Nc1cc(C(=O)NCCc2cnc[nH]2)cc(Cl)n1. The molecule has 6 nitrogen and oxygen atoms in total. The van der Waals surface area contributed by atoms with Crippen molar-refractivity contribution in [2.45, 2.75) is 6.42 Å². The number of hydrogen-bond donors (Lipinski definition) is 3. The molecule has 0 fully saturated rings. The molecular formula is C11H12ClN5O. The van der Waals surface area contributed by atoms with Crippen LogP contribution in [-0.4, -0.2) is 27.4 Å². The molecule has 0 aliphatic heterocycles. The normalized spacial score (nSPS) is 10.3. The van der Waals surface area contributed by atoms with Gasteiger partial charge in [-0.2, -0.15) is 0 Å². The third-order valence-electron chi connectivity index (χ3n) is 2.31. The molecule has 2 heterocycles. The van der Waals surface area contributed by atoms with Crippen molar-refractivity contribution in [3.05, 3.63) is 41.1 Å². The van der Waals surface area contributed by atoms with E-state index in [1.807, 2.05) is 0 Å². The van der Waals surface area contributed by atoms with Crippen LogP contribution in [-0.2, 0) is 6.42 Å². The van der Waals surface area contributed by atoms with Crippen molar-refractivity contribution >= 4 is 23.3 Å². The zero-order valence-corrected chi connectivity index (χ0v) is 10.2. The van der Waals surface area contributed by atoms with E-state index in [2.05, 4.69) is 20.3 Å². The first kappa shape index (κ1) is 12.4. The van der Waals surface area contributed by atoms with Gasteiger partial charge in [0.05, 0.1) is 6.33 Å². The van der Waals surface area contributed by atoms with Gasteiger partial charge < -0.3 is 16.0 Å². The second-order valence-electron chi connectivity index (χ2n) is 3.69. The van der Waals surface area contributed by atoms with Crippen LogP contribution in [0, 0.1) is 0 Å². The molecule has 94 valence electrons. The molecule has 0 aromatic carbocycles. The topological polar surface area (TPSA) is 96.7 Å². The average molecular weight is 266 g/mol. The van der Waals surface area contributed by atoms with Gasteiger partial charge in [0.15, 0.2) is 0 Å². The number of nitrogens with two attached hydrogens (primary N) is 1. The molecule has 0 spiro atoms. The molecule has 0 aliphatic rings. The molecule has 4 N–H and O–H groups in total. The Bertz CT molecular complexity index is 520. The highest BCUT2D eigenvalue weighted by Crippen LogP contribution is 2.11. The fourth-order valence-electron chi connectivity index (χ4n) is 1.48. The van der Waals surface area contributed by atoms with Crippen LogP contribution in [0.1, 0.15) is 16.1 Å². The summed E-state index contributed by atoms with van der Waals surface area (Å²) >= 11 is 5.73. The number of nitrogens with zero attached hydrogens (tertiary/aromatic N) is 2. The van der Waals surface area contributed by atoms with Crippen LogP contribution in [0.25, 0.3) is 0 Å². The Hall–Kier alpha value is -2.08. The molecule has 0 saturated carbocycles.